The smallest absolute Gasteiger partial charge is 0.341 e. The van der Waals surface area contributed by atoms with Crippen molar-refractivity contribution >= 4 is 23.5 Å². The number of rotatable bonds is 7. The van der Waals surface area contributed by atoms with Crippen LogP contribution in [0.5, 0.6) is 5.75 Å². The molecule has 1 aromatic rings. The summed E-state index contributed by atoms with van der Waals surface area (Å²) in [4.78, 5) is 21.2. The molecule has 104 valence electrons. The molecule has 0 unspecified atom stereocenters. The first-order chi connectivity index (χ1) is 8.90. The highest BCUT2D eigenvalue weighted by atomic mass is 35.5. The predicted octanol–water partition coefficient (Wildman–Crippen LogP) is 1.37. The Labute approximate surface area is 114 Å². The van der Waals surface area contributed by atoms with Gasteiger partial charge >= 0.3 is 11.9 Å². The Morgan fingerprint density at radius 1 is 1.42 bits per heavy atom. The molecule has 0 saturated heterocycles. The van der Waals surface area contributed by atoms with E-state index >= 15 is 0 Å². The highest BCUT2D eigenvalue weighted by Gasteiger charge is 2.12. The molecular weight excluding hydrogens is 274 g/mol. The van der Waals surface area contributed by atoms with Crippen LogP contribution in [0.4, 0.5) is 0 Å². The van der Waals surface area contributed by atoms with E-state index in [1.54, 1.807) is 18.2 Å². The Morgan fingerprint density at radius 3 is 2.68 bits per heavy atom. The molecule has 0 aliphatic carbocycles. The van der Waals surface area contributed by atoms with E-state index in [1.165, 1.54) is 6.92 Å². The monoisotopic (exact) mass is 287 g/mol. The fraction of sp³-hybridized carbons (Fsp3) is 0.333. The van der Waals surface area contributed by atoms with Gasteiger partial charge in [0.1, 0.15) is 11.8 Å². The van der Waals surface area contributed by atoms with Crippen LogP contribution in [0.3, 0.4) is 0 Å². The molecule has 0 amide bonds. The van der Waals surface area contributed by atoms with Crippen LogP contribution >= 0.6 is 11.6 Å². The maximum Gasteiger partial charge on any atom is 0.341 e. The number of nitrogens with one attached hydrogen (secondary N) is 1. The molecule has 19 heavy (non-hydrogen) atoms. The molecule has 3 N–H and O–H groups in total. The molecule has 1 atom stereocenters. The van der Waals surface area contributed by atoms with E-state index in [-0.39, 0.29) is 6.54 Å². The van der Waals surface area contributed by atoms with Crippen molar-refractivity contribution in [2.45, 2.75) is 19.5 Å². The van der Waals surface area contributed by atoms with Gasteiger partial charge < -0.3 is 20.3 Å². The number of benzene rings is 1. The van der Waals surface area contributed by atoms with Crippen molar-refractivity contribution in [3.63, 3.8) is 0 Å². The number of hydrogen-bond donors (Lipinski definition) is 3. The summed E-state index contributed by atoms with van der Waals surface area (Å²) in [7, 11) is 0. The summed E-state index contributed by atoms with van der Waals surface area (Å²) in [5, 5.41) is 20.6. The molecule has 0 heterocycles. The number of carbonyl (C=O) groups is 2. The van der Waals surface area contributed by atoms with Crippen molar-refractivity contribution in [2.75, 3.05) is 6.61 Å². The van der Waals surface area contributed by atoms with Gasteiger partial charge in [0.05, 0.1) is 0 Å². The Balaban J connectivity index is 2.76. The van der Waals surface area contributed by atoms with Crippen LogP contribution in [-0.4, -0.2) is 34.8 Å². The lowest BCUT2D eigenvalue weighted by atomic mass is 10.2. The van der Waals surface area contributed by atoms with Gasteiger partial charge in [-0.25, -0.2) is 4.79 Å². The molecule has 6 nitrogen and oxygen atoms in total. The van der Waals surface area contributed by atoms with Crippen molar-refractivity contribution in [2.24, 2.45) is 0 Å². The van der Waals surface area contributed by atoms with E-state index in [0.29, 0.717) is 16.3 Å². The number of aliphatic carboxylic acids is 2. The molecule has 1 aromatic carbocycles. The summed E-state index contributed by atoms with van der Waals surface area (Å²) < 4.78 is 5.10. The van der Waals surface area contributed by atoms with Gasteiger partial charge in [-0.2, -0.15) is 0 Å². The van der Waals surface area contributed by atoms with Crippen molar-refractivity contribution < 1.29 is 24.5 Å². The second-order valence-electron chi connectivity index (χ2n) is 3.88. The highest BCUT2D eigenvalue weighted by molar-refractivity contribution is 6.30. The van der Waals surface area contributed by atoms with Gasteiger partial charge in [0, 0.05) is 17.1 Å². The average Bonchev–Trinajstić information content (AvgIpc) is 2.34. The summed E-state index contributed by atoms with van der Waals surface area (Å²) in [5.41, 5.74) is 0.599. The van der Waals surface area contributed by atoms with Crippen LogP contribution in [-0.2, 0) is 16.1 Å². The van der Waals surface area contributed by atoms with Gasteiger partial charge in [-0.1, -0.05) is 11.6 Å². The number of hydrogen-bond acceptors (Lipinski definition) is 4. The normalized spacial score (nSPS) is 11.9. The molecule has 0 spiro atoms. The molecule has 0 saturated carbocycles. The summed E-state index contributed by atoms with van der Waals surface area (Å²) in [6, 6.07) is 3.99. The Morgan fingerprint density at radius 2 is 2.11 bits per heavy atom. The van der Waals surface area contributed by atoms with Crippen LogP contribution in [0, 0.1) is 0 Å². The van der Waals surface area contributed by atoms with Gasteiger partial charge in [-0.15, -0.1) is 0 Å². The van der Waals surface area contributed by atoms with Gasteiger partial charge in [-0.05, 0) is 25.1 Å². The largest absolute Gasteiger partial charge is 0.482 e. The van der Waals surface area contributed by atoms with Gasteiger partial charge in [0.25, 0.3) is 0 Å². The van der Waals surface area contributed by atoms with E-state index in [9.17, 15) is 9.59 Å². The third-order valence-electron chi connectivity index (χ3n) is 2.34. The first kappa shape index (κ1) is 15.3. The Hall–Kier alpha value is -1.79. The standard InChI is InChI=1S/C12H14ClNO5/c1-7(12(17)18)14-5-8-4-9(13)2-3-10(8)19-6-11(15)16/h2-4,7,14H,5-6H2,1H3,(H,15,16)(H,17,18)/t7-/m0/s1. The maximum atomic E-state index is 10.7. The van der Waals surface area contributed by atoms with Crippen LogP contribution in [0.2, 0.25) is 5.02 Å². The second kappa shape index (κ2) is 6.96. The van der Waals surface area contributed by atoms with E-state index in [0.717, 1.165) is 0 Å². The maximum absolute atomic E-state index is 10.7. The van der Waals surface area contributed by atoms with E-state index in [1.807, 2.05) is 0 Å². The third kappa shape index (κ3) is 5.15. The van der Waals surface area contributed by atoms with Crippen molar-refractivity contribution in [1.29, 1.82) is 0 Å². The zero-order valence-electron chi connectivity index (χ0n) is 10.2. The molecule has 1 rings (SSSR count). The Kier molecular flexibility index (Phi) is 5.59. The fourth-order valence-corrected chi connectivity index (χ4v) is 1.51. The number of halogens is 1. The van der Waals surface area contributed by atoms with Gasteiger partial charge in [-0.3, -0.25) is 4.79 Å². The quantitative estimate of drug-likeness (QED) is 0.701. The van der Waals surface area contributed by atoms with Crippen molar-refractivity contribution in [1.82, 2.24) is 5.32 Å². The van der Waals surface area contributed by atoms with Crippen LogP contribution in [0.1, 0.15) is 12.5 Å². The summed E-state index contributed by atoms with van der Waals surface area (Å²) >= 11 is 5.84. The van der Waals surface area contributed by atoms with Crippen LogP contribution in [0.15, 0.2) is 18.2 Å². The van der Waals surface area contributed by atoms with E-state index in [4.69, 9.17) is 26.6 Å². The zero-order valence-corrected chi connectivity index (χ0v) is 11.0. The van der Waals surface area contributed by atoms with Crippen LogP contribution in [0.25, 0.3) is 0 Å². The highest BCUT2D eigenvalue weighted by Crippen LogP contribution is 2.23. The minimum Gasteiger partial charge on any atom is -0.482 e. The zero-order chi connectivity index (χ0) is 14.4. The second-order valence-corrected chi connectivity index (χ2v) is 4.31. The molecule has 7 heteroatoms. The van der Waals surface area contributed by atoms with Gasteiger partial charge in [0.2, 0.25) is 0 Å². The molecule has 0 aliphatic heterocycles. The molecule has 0 fully saturated rings. The number of carboxylic acid groups (broad SMARTS) is 2. The summed E-state index contributed by atoms with van der Waals surface area (Å²) in [6.45, 7) is 1.25. The molecule has 0 radical (unpaired) electrons. The minimum absolute atomic E-state index is 0.211. The first-order valence-corrected chi connectivity index (χ1v) is 5.87. The van der Waals surface area contributed by atoms with E-state index in [2.05, 4.69) is 5.32 Å². The average molecular weight is 288 g/mol. The fourth-order valence-electron chi connectivity index (χ4n) is 1.32. The number of ether oxygens (including phenoxy) is 1. The lowest BCUT2D eigenvalue weighted by Gasteiger charge is -2.13. The molecular formula is C12H14ClNO5. The molecule has 0 aliphatic rings. The lowest BCUT2D eigenvalue weighted by molar-refractivity contribution is -0.140. The van der Waals surface area contributed by atoms with Crippen LogP contribution < -0.4 is 10.1 Å². The molecule has 0 bridgehead atoms. The van der Waals surface area contributed by atoms with Crippen molar-refractivity contribution in [3.05, 3.63) is 28.8 Å². The SMILES string of the molecule is C[C@H](NCc1cc(Cl)ccc1OCC(=O)O)C(=O)O. The first-order valence-electron chi connectivity index (χ1n) is 5.49. The predicted molar refractivity (Wildman–Crippen MR) is 68.5 cm³/mol. The lowest BCUT2D eigenvalue weighted by Crippen LogP contribution is -2.33. The number of carboxylic acids is 2. The summed E-state index contributed by atoms with van der Waals surface area (Å²) in [6.07, 6.45) is 0. The minimum atomic E-state index is -1.09. The van der Waals surface area contributed by atoms with Crippen molar-refractivity contribution in [3.8, 4) is 5.75 Å². The van der Waals surface area contributed by atoms with E-state index < -0.39 is 24.6 Å². The third-order valence-corrected chi connectivity index (χ3v) is 2.58. The topological polar surface area (TPSA) is 95.9 Å². The van der Waals surface area contributed by atoms with Gasteiger partial charge in [0.15, 0.2) is 6.61 Å². The summed E-state index contributed by atoms with van der Waals surface area (Å²) in [5.74, 6) is -1.71. The molecule has 0 aromatic heterocycles. The Bertz CT molecular complexity index is 477.